The van der Waals surface area contributed by atoms with Crippen molar-refractivity contribution in [2.24, 2.45) is 11.5 Å². The van der Waals surface area contributed by atoms with Gasteiger partial charge in [-0.25, -0.2) is 9.59 Å². The molecule has 1 atom stereocenters. The number of hydrogen-bond donors (Lipinski definition) is 4. The topological polar surface area (TPSA) is 118 Å². The Morgan fingerprint density at radius 3 is 2.20 bits per heavy atom. The smallest absolute Gasteiger partial charge is 0.327 e. The number of nitrogens with one attached hydrogen (secondary N) is 1. The van der Waals surface area contributed by atoms with Gasteiger partial charge in [0.2, 0.25) is 0 Å². The molecule has 6 nitrogen and oxygen atoms in total. The van der Waals surface area contributed by atoms with Crippen molar-refractivity contribution >= 4 is 12.0 Å². The van der Waals surface area contributed by atoms with Crippen molar-refractivity contribution in [2.75, 3.05) is 6.54 Å². The molecule has 0 aliphatic heterocycles. The van der Waals surface area contributed by atoms with Gasteiger partial charge in [-0.15, -0.1) is 0 Å². The molecule has 6 N–H and O–H groups in total. The first-order valence-electron chi connectivity index (χ1n) is 2.56. The van der Waals surface area contributed by atoms with E-state index in [1.165, 1.54) is 0 Å². The molecule has 0 aliphatic carbocycles. The Bertz CT molecular complexity index is 147. The number of rotatable bonds is 3. The fourth-order valence-electron chi connectivity index (χ4n) is 0.393. The molecule has 0 aromatic rings. The number of primary amides is 1. The Kier molecular flexibility index (Phi) is 3.20. The van der Waals surface area contributed by atoms with Gasteiger partial charge in [-0.2, -0.15) is 0 Å². The van der Waals surface area contributed by atoms with Crippen molar-refractivity contribution < 1.29 is 14.7 Å². The largest absolute Gasteiger partial charge is 0.480 e. The zero-order chi connectivity index (χ0) is 8.15. The second kappa shape index (κ2) is 3.67. The predicted molar refractivity (Wildman–Crippen MR) is 33.2 cm³/mol. The van der Waals surface area contributed by atoms with Crippen LogP contribution in [0, 0.1) is 0 Å². The van der Waals surface area contributed by atoms with Gasteiger partial charge in [-0.1, -0.05) is 0 Å². The van der Waals surface area contributed by atoms with Crippen LogP contribution in [0.3, 0.4) is 0 Å². The first-order chi connectivity index (χ1) is 4.57. The molecule has 10 heavy (non-hydrogen) atoms. The van der Waals surface area contributed by atoms with Crippen LogP contribution in [0.5, 0.6) is 0 Å². The van der Waals surface area contributed by atoms with Crippen molar-refractivity contribution in [3.63, 3.8) is 0 Å². The van der Waals surface area contributed by atoms with Gasteiger partial charge >= 0.3 is 12.0 Å². The van der Waals surface area contributed by atoms with Crippen molar-refractivity contribution in [3.8, 4) is 0 Å². The molecule has 0 spiro atoms. The number of amides is 2. The van der Waals surface area contributed by atoms with E-state index in [0.29, 0.717) is 0 Å². The molecular formula is C4H9N3O3. The third-order valence-electron chi connectivity index (χ3n) is 0.850. The van der Waals surface area contributed by atoms with Gasteiger partial charge < -0.3 is 21.9 Å². The van der Waals surface area contributed by atoms with Crippen molar-refractivity contribution in [1.29, 1.82) is 0 Å². The molecule has 0 rings (SSSR count). The molecule has 0 fully saturated rings. The first-order valence-corrected chi connectivity index (χ1v) is 2.56. The number of carboxylic acids is 1. The average molecular weight is 147 g/mol. The molecule has 6 heteroatoms. The van der Waals surface area contributed by atoms with E-state index in [9.17, 15) is 9.59 Å². The standard InChI is InChI=1S/C4H9N3O3/c5-1-2(3(8)9)7-4(6)10/h2H,1,5H2,(H,8,9)(H3,6,7,10). The maximum absolute atomic E-state index is 10.1. The number of hydrogen-bond acceptors (Lipinski definition) is 3. The summed E-state index contributed by atoms with van der Waals surface area (Å²) < 4.78 is 0. The molecule has 0 aromatic carbocycles. The van der Waals surface area contributed by atoms with Crippen LogP contribution < -0.4 is 16.8 Å². The number of carboxylic acid groups (broad SMARTS) is 1. The second-order valence-electron chi connectivity index (χ2n) is 1.64. The summed E-state index contributed by atoms with van der Waals surface area (Å²) in [7, 11) is 0. The highest BCUT2D eigenvalue weighted by atomic mass is 16.4. The van der Waals surface area contributed by atoms with Crippen LogP contribution in [-0.4, -0.2) is 29.7 Å². The van der Waals surface area contributed by atoms with Crippen LogP contribution in [0.25, 0.3) is 0 Å². The molecule has 0 saturated heterocycles. The third-order valence-corrected chi connectivity index (χ3v) is 0.850. The third kappa shape index (κ3) is 2.88. The van der Waals surface area contributed by atoms with Crippen molar-refractivity contribution in [2.45, 2.75) is 6.04 Å². The lowest BCUT2D eigenvalue weighted by molar-refractivity contribution is -0.138. The number of urea groups is 1. The minimum absolute atomic E-state index is 0.168. The van der Waals surface area contributed by atoms with Gasteiger partial charge in [-0.05, 0) is 0 Å². The predicted octanol–water partition coefficient (Wildman–Crippen LogP) is -1.93. The molecule has 2 amide bonds. The van der Waals surface area contributed by atoms with E-state index >= 15 is 0 Å². The van der Waals surface area contributed by atoms with Gasteiger partial charge in [0.1, 0.15) is 6.04 Å². The summed E-state index contributed by atoms with van der Waals surface area (Å²) in [6.45, 7) is -0.168. The van der Waals surface area contributed by atoms with E-state index in [4.69, 9.17) is 10.8 Å². The molecule has 0 aromatic heterocycles. The maximum Gasteiger partial charge on any atom is 0.327 e. The van der Waals surface area contributed by atoms with E-state index in [-0.39, 0.29) is 6.54 Å². The Morgan fingerprint density at radius 1 is 1.60 bits per heavy atom. The SMILES string of the molecule is NCC(NC(N)=O)C(=O)O. The normalized spacial score (nSPS) is 12.1. The van der Waals surface area contributed by atoms with Crippen LogP contribution in [0.4, 0.5) is 4.79 Å². The summed E-state index contributed by atoms with van der Waals surface area (Å²) in [5.74, 6) is -1.19. The number of carbonyl (C=O) groups excluding carboxylic acids is 1. The molecule has 0 saturated carbocycles. The summed E-state index contributed by atoms with van der Waals surface area (Å²) in [6.07, 6.45) is 0. The molecular weight excluding hydrogens is 138 g/mol. The Hall–Kier alpha value is -1.30. The first kappa shape index (κ1) is 8.70. The zero-order valence-corrected chi connectivity index (χ0v) is 5.20. The second-order valence-corrected chi connectivity index (χ2v) is 1.64. The molecule has 58 valence electrons. The summed E-state index contributed by atoms with van der Waals surface area (Å²) >= 11 is 0. The summed E-state index contributed by atoms with van der Waals surface area (Å²) in [6, 6.07) is -1.98. The van der Waals surface area contributed by atoms with E-state index in [1.807, 2.05) is 5.32 Å². The number of carbonyl (C=O) groups is 2. The van der Waals surface area contributed by atoms with Crippen LogP contribution in [0.15, 0.2) is 0 Å². The fourth-order valence-corrected chi connectivity index (χ4v) is 0.393. The van der Waals surface area contributed by atoms with Crippen LogP contribution >= 0.6 is 0 Å². The molecule has 0 radical (unpaired) electrons. The maximum atomic E-state index is 10.1. The van der Waals surface area contributed by atoms with Crippen LogP contribution in [0.1, 0.15) is 0 Å². The van der Waals surface area contributed by atoms with Gasteiger partial charge in [0.15, 0.2) is 0 Å². The van der Waals surface area contributed by atoms with Crippen molar-refractivity contribution in [3.05, 3.63) is 0 Å². The van der Waals surface area contributed by atoms with E-state index < -0.39 is 18.0 Å². The van der Waals surface area contributed by atoms with Crippen LogP contribution in [-0.2, 0) is 4.79 Å². The quantitative estimate of drug-likeness (QED) is 0.371. The molecule has 0 aliphatic rings. The van der Waals surface area contributed by atoms with Gasteiger partial charge in [0.25, 0.3) is 0 Å². The number of nitrogens with two attached hydrogens (primary N) is 2. The van der Waals surface area contributed by atoms with Gasteiger partial charge in [0, 0.05) is 6.54 Å². The summed E-state index contributed by atoms with van der Waals surface area (Å²) in [5.41, 5.74) is 9.61. The molecule has 1 unspecified atom stereocenters. The van der Waals surface area contributed by atoms with Crippen molar-refractivity contribution in [1.82, 2.24) is 5.32 Å². The fraction of sp³-hybridized carbons (Fsp3) is 0.500. The highest BCUT2D eigenvalue weighted by Gasteiger charge is 2.15. The monoisotopic (exact) mass is 147 g/mol. The van der Waals surface area contributed by atoms with Gasteiger partial charge in [0.05, 0.1) is 0 Å². The lowest BCUT2D eigenvalue weighted by atomic mass is 10.3. The summed E-state index contributed by atoms with van der Waals surface area (Å²) in [4.78, 5) is 20.2. The average Bonchev–Trinajstić information content (AvgIpc) is 1.81. The molecule has 0 heterocycles. The zero-order valence-electron chi connectivity index (χ0n) is 5.20. The lowest BCUT2D eigenvalue weighted by Crippen LogP contribution is -2.47. The van der Waals surface area contributed by atoms with E-state index in [0.717, 1.165) is 0 Å². The highest BCUT2D eigenvalue weighted by molar-refractivity contribution is 5.81. The summed E-state index contributed by atoms with van der Waals surface area (Å²) in [5, 5.41) is 10.2. The minimum atomic E-state index is -1.19. The van der Waals surface area contributed by atoms with E-state index in [1.54, 1.807) is 0 Å². The van der Waals surface area contributed by atoms with E-state index in [2.05, 4.69) is 5.73 Å². The Balaban J connectivity index is 3.83. The highest BCUT2D eigenvalue weighted by Crippen LogP contribution is 1.77. The minimum Gasteiger partial charge on any atom is -0.480 e. The molecule has 0 bridgehead atoms. The van der Waals surface area contributed by atoms with Crippen LogP contribution in [0.2, 0.25) is 0 Å². The number of aliphatic carboxylic acids is 1. The Morgan fingerprint density at radius 2 is 2.10 bits per heavy atom. The Labute approximate surface area is 57.2 Å². The lowest BCUT2D eigenvalue weighted by Gasteiger charge is -2.08. The van der Waals surface area contributed by atoms with Gasteiger partial charge in [-0.3, -0.25) is 0 Å².